The van der Waals surface area contributed by atoms with Crippen molar-refractivity contribution in [2.24, 2.45) is 10.8 Å². The summed E-state index contributed by atoms with van der Waals surface area (Å²) in [6.07, 6.45) is -1.89. The number of rotatable bonds is 1. The van der Waals surface area contributed by atoms with Crippen LogP contribution in [-0.4, -0.2) is 36.5 Å². The molecule has 1 N–H and O–H groups in total. The van der Waals surface area contributed by atoms with Crippen molar-refractivity contribution in [1.82, 2.24) is 10.2 Å². The van der Waals surface area contributed by atoms with E-state index in [1.165, 1.54) is 6.07 Å². The van der Waals surface area contributed by atoms with Gasteiger partial charge >= 0.3 is 6.18 Å². The minimum absolute atomic E-state index is 0.00138. The summed E-state index contributed by atoms with van der Waals surface area (Å²) in [4.78, 5) is 15.0. The number of nitriles is 1. The van der Waals surface area contributed by atoms with Gasteiger partial charge in [-0.1, -0.05) is 20.8 Å². The quantitative estimate of drug-likeness (QED) is 0.778. The van der Waals surface area contributed by atoms with Gasteiger partial charge in [-0.2, -0.15) is 18.4 Å². The van der Waals surface area contributed by atoms with Crippen LogP contribution in [0.3, 0.4) is 0 Å². The minimum Gasteiger partial charge on any atom is -0.335 e. The van der Waals surface area contributed by atoms with Crippen molar-refractivity contribution in [2.75, 3.05) is 19.6 Å². The Morgan fingerprint density at radius 3 is 2.39 bits per heavy atom. The number of nitrogens with zero attached hydrogens (tertiary/aromatic N) is 2. The molecule has 2 fully saturated rings. The van der Waals surface area contributed by atoms with E-state index in [4.69, 9.17) is 5.26 Å². The molecule has 2 aliphatic rings. The van der Waals surface area contributed by atoms with Gasteiger partial charge in [-0.25, -0.2) is 0 Å². The molecular formula is C21H26F3N3O. The van der Waals surface area contributed by atoms with E-state index in [-0.39, 0.29) is 28.3 Å². The lowest BCUT2D eigenvalue weighted by Gasteiger charge is -2.47. The zero-order valence-electron chi connectivity index (χ0n) is 16.5. The molecule has 1 aromatic carbocycles. The van der Waals surface area contributed by atoms with E-state index in [9.17, 15) is 18.0 Å². The number of halogens is 3. The molecule has 28 heavy (non-hydrogen) atoms. The van der Waals surface area contributed by atoms with Crippen LogP contribution in [0.25, 0.3) is 0 Å². The first kappa shape index (κ1) is 20.7. The summed E-state index contributed by atoms with van der Waals surface area (Å²) in [5.74, 6) is -0.384. The molecule has 1 amide bonds. The molecule has 0 saturated carbocycles. The van der Waals surface area contributed by atoms with Crippen LogP contribution in [0, 0.1) is 22.2 Å². The third kappa shape index (κ3) is 3.62. The van der Waals surface area contributed by atoms with E-state index >= 15 is 0 Å². The molecular weight excluding hydrogens is 367 g/mol. The lowest BCUT2D eigenvalue weighted by molar-refractivity contribution is -0.137. The molecule has 7 heteroatoms. The molecule has 0 aromatic heterocycles. The highest BCUT2D eigenvalue weighted by molar-refractivity contribution is 5.95. The van der Waals surface area contributed by atoms with Crippen LogP contribution in [0.1, 0.15) is 61.5 Å². The number of benzene rings is 1. The predicted molar refractivity (Wildman–Crippen MR) is 99.6 cm³/mol. The van der Waals surface area contributed by atoms with E-state index in [2.05, 4.69) is 26.1 Å². The van der Waals surface area contributed by atoms with Crippen LogP contribution in [0.4, 0.5) is 13.2 Å². The number of likely N-dealkylation sites (tertiary alicyclic amines) is 1. The Morgan fingerprint density at radius 1 is 1.21 bits per heavy atom. The second-order valence-electron chi connectivity index (χ2n) is 9.00. The van der Waals surface area contributed by atoms with Crippen molar-refractivity contribution in [3.05, 3.63) is 34.9 Å². The standard InChI is InChI=1S/C21H26F3N3O/c1-19(2,3)18-20(6-9-26-10-7-20)8-11-27(18)17(28)14-4-5-15(13-25)16(12-14)21(22,23)24/h4-5,12,18,26H,6-11H2,1-3H3. The molecule has 3 rings (SSSR count). The molecule has 1 aromatic rings. The third-order valence-corrected chi connectivity index (χ3v) is 6.12. The van der Waals surface area contributed by atoms with Crippen molar-refractivity contribution in [3.63, 3.8) is 0 Å². The summed E-state index contributed by atoms with van der Waals surface area (Å²) in [6, 6.07) is 4.78. The summed E-state index contributed by atoms with van der Waals surface area (Å²) in [5.41, 5.74) is -1.72. The Kier molecular flexibility index (Phi) is 5.22. The Bertz CT molecular complexity index is 799. The maximum Gasteiger partial charge on any atom is 0.417 e. The molecule has 0 bridgehead atoms. The molecule has 1 atom stereocenters. The van der Waals surface area contributed by atoms with Gasteiger partial charge < -0.3 is 10.2 Å². The number of piperidine rings is 1. The SMILES string of the molecule is CC(C)(C)C1N(C(=O)c2ccc(C#N)c(C(F)(F)F)c2)CCC12CCNCC2. The first-order valence-electron chi connectivity index (χ1n) is 9.63. The van der Waals surface area contributed by atoms with E-state index in [0.717, 1.165) is 44.5 Å². The summed E-state index contributed by atoms with van der Waals surface area (Å²) in [5, 5.41) is 12.3. The number of amides is 1. The number of alkyl halides is 3. The number of carbonyl (C=O) groups is 1. The van der Waals surface area contributed by atoms with Gasteiger partial charge in [0.25, 0.3) is 5.91 Å². The summed E-state index contributed by atoms with van der Waals surface area (Å²) in [6.45, 7) is 8.60. The Hall–Kier alpha value is -2.07. The molecule has 0 aliphatic carbocycles. The molecule has 0 radical (unpaired) electrons. The highest BCUT2D eigenvalue weighted by Crippen LogP contribution is 2.51. The summed E-state index contributed by atoms with van der Waals surface area (Å²) in [7, 11) is 0. The van der Waals surface area contributed by atoms with Crippen molar-refractivity contribution in [3.8, 4) is 6.07 Å². The van der Waals surface area contributed by atoms with Gasteiger partial charge in [-0.3, -0.25) is 4.79 Å². The van der Waals surface area contributed by atoms with Gasteiger partial charge in [0.2, 0.25) is 0 Å². The van der Waals surface area contributed by atoms with E-state index in [0.29, 0.717) is 6.54 Å². The molecule has 2 aliphatic heterocycles. The highest BCUT2D eigenvalue weighted by Gasteiger charge is 2.53. The van der Waals surface area contributed by atoms with Gasteiger partial charge in [-0.05, 0) is 61.4 Å². The number of hydrogen-bond donors (Lipinski definition) is 1. The average Bonchev–Trinajstić information content (AvgIpc) is 2.99. The van der Waals surface area contributed by atoms with Gasteiger partial charge in [0.15, 0.2) is 0 Å². The van der Waals surface area contributed by atoms with Crippen molar-refractivity contribution in [1.29, 1.82) is 5.26 Å². The van der Waals surface area contributed by atoms with Crippen LogP contribution in [0.5, 0.6) is 0 Å². The lowest BCUT2D eigenvalue weighted by atomic mass is 9.64. The van der Waals surface area contributed by atoms with Crippen LogP contribution in [-0.2, 0) is 6.18 Å². The normalized spacial score (nSPS) is 22.3. The second kappa shape index (κ2) is 7.07. The fourth-order valence-electron chi connectivity index (χ4n) is 5.17. The van der Waals surface area contributed by atoms with Gasteiger partial charge in [0.05, 0.1) is 17.2 Å². The van der Waals surface area contributed by atoms with E-state index < -0.39 is 17.3 Å². The molecule has 2 heterocycles. The number of hydrogen-bond acceptors (Lipinski definition) is 3. The van der Waals surface area contributed by atoms with Crippen molar-refractivity contribution >= 4 is 5.91 Å². The van der Waals surface area contributed by atoms with Gasteiger partial charge in [-0.15, -0.1) is 0 Å². The topological polar surface area (TPSA) is 56.1 Å². The summed E-state index contributed by atoms with van der Waals surface area (Å²) < 4.78 is 40.0. The van der Waals surface area contributed by atoms with Gasteiger partial charge in [0.1, 0.15) is 0 Å². The maximum atomic E-state index is 13.3. The smallest absolute Gasteiger partial charge is 0.335 e. The maximum absolute atomic E-state index is 13.3. The first-order chi connectivity index (χ1) is 13.0. The third-order valence-electron chi connectivity index (χ3n) is 6.12. The second-order valence-corrected chi connectivity index (χ2v) is 9.00. The van der Waals surface area contributed by atoms with Crippen LogP contribution >= 0.6 is 0 Å². The summed E-state index contributed by atoms with van der Waals surface area (Å²) >= 11 is 0. The van der Waals surface area contributed by atoms with Crippen LogP contribution in [0.2, 0.25) is 0 Å². The molecule has 1 spiro atoms. The predicted octanol–water partition coefficient (Wildman–Crippen LogP) is 4.21. The Labute approximate surface area is 163 Å². The zero-order valence-corrected chi connectivity index (χ0v) is 16.5. The van der Waals surface area contributed by atoms with Crippen LogP contribution < -0.4 is 5.32 Å². The largest absolute Gasteiger partial charge is 0.417 e. The average molecular weight is 393 g/mol. The van der Waals surface area contributed by atoms with E-state index in [1.807, 2.05) is 0 Å². The molecule has 4 nitrogen and oxygen atoms in total. The number of nitrogens with one attached hydrogen (secondary N) is 1. The molecule has 1 unspecified atom stereocenters. The van der Waals surface area contributed by atoms with Crippen LogP contribution in [0.15, 0.2) is 18.2 Å². The van der Waals surface area contributed by atoms with Gasteiger partial charge in [0, 0.05) is 18.2 Å². The fourth-order valence-corrected chi connectivity index (χ4v) is 5.17. The van der Waals surface area contributed by atoms with E-state index in [1.54, 1.807) is 11.0 Å². The Morgan fingerprint density at radius 2 is 1.86 bits per heavy atom. The number of carbonyl (C=O) groups excluding carboxylic acids is 1. The lowest BCUT2D eigenvalue weighted by Crippen LogP contribution is -2.53. The monoisotopic (exact) mass is 393 g/mol. The van der Waals surface area contributed by atoms with Crippen molar-refractivity contribution in [2.45, 2.75) is 52.3 Å². The van der Waals surface area contributed by atoms with Crippen molar-refractivity contribution < 1.29 is 18.0 Å². The Balaban J connectivity index is 1.99. The fraction of sp³-hybridized carbons (Fsp3) is 0.619. The zero-order chi connectivity index (χ0) is 20.7. The highest BCUT2D eigenvalue weighted by atomic mass is 19.4. The molecule has 152 valence electrons. The minimum atomic E-state index is -4.67. The first-order valence-corrected chi connectivity index (χ1v) is 9.63. The molecule has 2 saturated heterocycles.